The first-order valence-corrected chi connectivity index (χ1v) is 9.37. The Balaban J connectivity index is 2.38. The Morgan fingerprint density at radius 2 is 1.69 bits per heavy atom. The molecule has 0 aliphatic rings. The van der Waals surface area contributed by atoms with Crippen molar-refractivity contribution in [3.63, 3.8) is 0 Å². The molecule has 140 valence electrons. The van der Waals surface area contributed by atoms with Crippen molar-refractivity contribution in [3.05, 3.63) is 58.9 Å². The summed E-state index contributed by atoms with van der Waals surface area (Å²) in [4.78, 5) is 11.4. The van der Waals surface area contributed by atoms with Crippen molar-refractivity contribution in [1.82, 2.24) is 0 Å². The third kappa shape index (κ3) is 3.98. The van der Waals surface area contributed by atoms with Gasteiger partial charge >= 0.3 is 5.97 Å². The third-order valence-corrected chi connectivity index (χ3v) is 5.80. The van der Waals surface area contributed by atoms with Crippen molar-refractivity contribution in [2.75, 3.05) is 7.11 Å². The number of ether oxygens (including phenoxy) is 1. The number of rotatable bonds is 7. The van der Waals surface area contributed by atoms with Crippen LogP contribution in [0.2, 0.25) is 0 Å². The summed E-state index contributed by atoms with van der Waals surface area (Å²) in [6, 6.07) is 11.6. The van der Waals surface area contributed by atoms with Crippen LogP contribution >= 0.6 is 0 Å². The van der Waals surface area contributed by atoms with E-state index in [0.717, 1.165) is 36.0 Å². The standard InChI is InChI=1S/C23H29FO2/c1-6-23(7-2,8-3)19-11-12-20(16(4)13-19)17-9-10-18(21(24)14-17)15-22(25)26-5/h9-14H,6-8,15H2,1-5H3. The number of benzene rings is 2. The first-order chi connectivity index (χ1) is 12.4. The first kappa shape index (κ1) is 20.2. The summed E-state index contributed by atoms with van der Waals surface area (Å²) in [6.07, 6.45) is 3.27. The molecule has 2 aromatic rings. The van der Waals surface area contributed by atoms with Crippen molar-refractivity contribution in [2.45, 2.75) is 58.8 Å². The maximum absolute atomic E-state index is 14.4. The van der Waals surface area contributed by atoms with Crippen LogP contribution in [0.4, 0.5) is 4.39 Å². The number of carbonyl (C=O) groups excluding carboxylic acids is 1. The highest BCUT2D eigenvalue weighted by Gasteiger charge is 2.26. The lowest BCUT2D eigenvalue weighted by molar-refractivity contribution is -0.139. The van der Waals surface area contributed by atoms with Crippen LogP contribution in [0.1, 0.15) is 56.7 Å². The summed E-state index contributed by atoms with van der Waals surface area (Å²) >= 11 is 0. The van der Waals surface area contributed by atoms with E-state index in [1.807, 2.05) is 6.07 Å². The fraction of sp³-hybridized carbons (Fsp3) is 0.435. The molecule has 2 rings (SSSR count). The van der Waals surface area contributed by atoms with E-state index in [2.05, 4.69) is 50.6 Å². The van der Waals surface area contributed by atoms with Crippen molar-refractivity contribution in [3.8, 4) is 11.1 Å². The Labute approximate surface area is 156 Å². The molecule has 0 bridgehead atoms. The van der Waals surface area contributed by atoms with Gasteiger partial charge in [-0.1, -0.05) is 51.1 Å². The summed E-state index contributed by atoms with van der Waals surface area (Å²) in [7, 11) is 1.31. The molecule has 2 nitrogen and oxygen atoms in total. The van der Waals surface area contributed by atoms with Gasteiger partial charge in [-0.25, -0.2) is 4.39 Å². The molecule has 0 saturated carbocycles. The minimum absolute atomic E-state index is 0.0491. The number of hydrogen-bond donors (Lipinski definition) is 0. The number of carbonyl (C=O) groups is 1. The van der Waals surface area contributed by atoms with Crippen molar-refractivity contribution < 1.29 is 13.9 Å². The van der Waals surface area contributed by atoms with Crippen LogP contribution in [-0.4, -0.2) is 13.1 Å². The van der Waals surface area contributed by atoms with Gasteiger partial charge in [-0.3, -0.25) is 4.79 Å². The van der Waals surface area contributed by atoms with Crippen LogP contribution in [-0.2, 0) is 21.4 Å². The summed E-state index contributed by atoms with van der Waals surface area (Å²) in [6.45, 7) is 8.80. The minimum Gasteiger partial charge on any atom is -0.469 e. The second kappa shape index (κ2) is 8.48. The van der Waals surface area contributed by atoms with Gasteiger partial charge in [-0.15, -0.1) is 0 Å². The topological polar surface area (TPSA) is 26.3 Å². The molecule has 26 heavy (non-hydrogen) atoms. The fourth-order valence-electron chi connectivity index (χ4n) is 3.77. The second-order valence-corrected chi connectivity index (χ2v) is 6.93. The van der Waals surface area contributed by atoms with Crippen LogP contribution in [0.25, 0.3) is 11.1 Å². The van der Waals surface area contributed by atoms with Gasteiger partial charge in [0.1, 0.15) is 5.82 Å². The maximum Gasteiger partial charge on any atom is 0.310 e. The number of halogens is 1. The summed E-state index contributed by atoms with van der Waals surface area (Å²) < 4.78 is 19.0. The van der Waals surface area contributed by atoms with Crippen LogP contribution in [0.5, 0.6) is 0 Å². The monoisotopic (exact) mass is 356 g/mol. The van der Waals surface area contributed by atoms with Gasteiger partial charge in [0.05, 0.1) is 13.5 Å². The van der Waals surface area contributed by atoms with Crippen molar-refractivity contribution >= 4 is 5.97 Å². The molecule has 2 aromatic carbocycles. The normalized spacial score (nSPS) is 11.5. The van der Waals surface area contributed by atoms with E-state index in [4.69, 9.17) is 0 Å². The van der Waals surface area contributed by atoms with E-state index in [9.17, 15) is 9.18 Å². The molecule has 0 unspecified atom stereocenters. The zero-order chi connectivity index (χ0) is 19.3. The predicted octanol–water partition coefficient (Wildman–Crippen LogP) is 5.98. The zero-order valence-electron chi connectivity index (χ0n) is 16.5. The van der Waals surface area contributed by atoms with Gasteiger partial charge < -0.3 is 4.74 Å². The average Bonchev–Trinajstić information content (AvgIpc) is 2.65. The Kier molecular flexibility index (Phi) is 6.57. The van der Waals surface area contributed by atoms with E-state index in [1.165, 1.54) is 18.7 Å². The molecular formula is C23H29FO2. The van der Waals surface area contributed by atoms with Gasteiger partial charge in [0.2, 0.25) is 0 Å². The van der Waals surface area contributed by atoms with Gasteiger partial charge in [-0.2, -0.15) is 0 Å². The SMILES string of the molecule is CCC(CC)(CC)c1ccc(-c2ccc(CC(=O)OC)c(F)c2)c(C)c1. The Morgan fingerprint density at radius 3 is 2.19 bits per heavy atom. The lowest BCUT2D eigenvalue weighted by atomic mass is 9.73. The zero-order valence-corrected chi connectivity index (χ0v) is 16.5. The van der Waals surface area contributed by atoms with Crippen LogP contribution in [0.3, 0.4) is 0 Å². The highest BCUT2D eigenvalue weighted by molar-refractivity contribution is 5.74. The van der Waals surface area contributed by atoms with Crippen LogP contribution in [0.15, 0.2) is 36.4 Å². The number of esters is 1. The molecule has 0 N–H and O–H groups in total. The maximum atomic E-state index is 14.4. The molecule has 0 radical (unpaired) electrons. The molecule has 0 heterocycles. The molecule has 0 aromatic heterocycles. The smallest absolute Gasteiger partial charge is 0.310 e. The second-order valence-electron chi connectivity index (χ2n) is 6.93. The Bertz CT molecular complexity index is 768. The van der Waals surface area contributed by atoms with Gasteiger partial charge in [0, 0.05) is 0 Å². The van der Waals surface area contributed by atoms with E-state index < -0.39 is 5.97 Å². The highest BCUT2D eigenvalue weighted by atomic mass is 19.1. The van der Waals surface area contributed by atoms with Crippen molar-refractivity contribution in [1.29, 1.82) is 0 Å². The predicted molar refractivity (Wildman–Crippen MR) is 105 cm³/mol. The number of hydrogen-bond acceptors (Lipinski definition) is 2. The third-order valence-electron chi connectivity index (χ3n) is 5.80. The van der Waals surface area contributed by atoms with E-state index in [0.29, 0.717) is 5.56 Å². The quantitative estimate of drug-likeness (QED) is 0.570. The molecule has 0 saturated heterocycles. The summed E-state index contributed by atoms with van der Waals surface area (Å²) in [5.41, 5.74) is 4.91. The van der Waals surface area contributed by atoms with Crippen LogP contribution < -0.4 is 0 Å². The Hall–Kier alpha value is -2.16. The summed E-state index contributed by atoms with van der Waals surface area (Å²) in [5, 5.41) is 0. The van der Waals surface area contributed by atoms with Gasteiger partial charge in [0.15, 0.2) is 0 Å². The molecule has 0 aliphatic heterocycles. The molecule has 0 spiro atoms. The molecular weight excluding hydrogens is 327 g/mol. The minimum atomic E-state index is -0.438. The average molecular weight is 356 g/mol. The first-order valence-electron chi connectivity index (χ1n) is 9.37. The van der Waals surface area contributed by atoms with E-state index in [1.54, 1.807) is 6.07 Å². The molecule has 0 aliphatic carbocycles. The van der Waals surface area contributed by atoms with E-state index >= 15 is 0 Å². The highest BCUT2D eigenvalue weighted by Crippen LogP contribution is 2.37. The molecule has 0 fully saturated rings. The van der Waals surface area contributed by atoms with Crippen molar-refractivity contribution in [2.24, 2.45) is 0 Å². The van der Waals surface area contributed by atoms with Crippen LogP contribution in [0, 0.1) is 12.7 Å². The fourth-order valence-corrected chi connectivity index (χ4v) is 3.77. The number of aryl methyl sites for hydroxylation is 1. The number of methoxy groups -OCH3 is 1. The van der Waals surface area contributed by atoms with Gasteiger partial charge in [0.25, 0.3) is 0 Å². The molecule has 0 atom stereocenters. The lowest BCUT2D eigenvalue weighted by Gasteiger charge is -2.32. The Morgan fingerprint density at radius 1 is 1.04 bits per heavy atom. The molecule has 3 heteroatoms. The van der Waals surface area contributed by atoms with Gasteiger partial charge in [-0.05, 0) is 65.5 Å². The summed E-state index contributed by atoms with van der Waals surface area (Å²) in [5.74, 6) is -0.811. The molecule has 0 amide bonds. The largest absolute Gasteiger partial charge is 0.469 e. The lowest BCUT2D eigenvalue weighted by Crippen LogP contribution is -2.23. The van der Waals surface area contributed by atoms with E-state index in [-0.39, 0.29) is 17.7 Å².